The maximum Gasteiger partial charge on any atom is 0.318 e. The molecule has 2 aromatic rings. The third-order valence-electron chi connectivity index (χ3n) is 4.01. The lowest BCUT2D eigenvalue weighted by Gasteiger charge is -2.27. The number of aromatic nitrogens is 2. The van der Waals surface area contributed by atoms with Crippen LogP contribution in [-0.4, -0.2) is 65.5 Å². The number of rotatable bonds is 5. The van der Waals surface area contributed by atoms with Crippen molar-refractivity contribution < 1.29 is 22.9 Å². The third-order valence-corrected chi connectivity index (χ3v) is 5.76. The van der Waals surface area contributed by atoms with Gasteiger partial charge >= 0.3 is 6.03 Å². The van der Waals surface area contributed by atoms with Crippen LogP contribution in [0, 0.1) is 0 Å². The molecular weight excluding hydrogens is 336 g/mol. The fourth-order valence-electron chi connectivity index (χ4n) is 2.80. The van der Waals surface area contributed by atoms with Crippen LogP contribution in [0.3, 0.4) is 0 Å². The highest BCUT2D eigenvalue weighted by molar-refractivity contribution is 7.91. The van der Waals surface area contributed by atoms with E-state index >= 15 is 0 Å². The molecule has 1 aromatic carbocycles. The number of nitrogens with zero attached hydrogens (tertiary/aromatic N) is 3. The van der Waals surface area contributed by atoms with Crippen molar-refractivity contribution in [3.8, 4) is 0 Å². The Morgan fingerprint density at radius 3 is 2.88 bits per heavy atom. The number of hydrogen-bond acceptors (Lipinski definition) is 7. The molecule has 0 radical (unpaired) electrons. The molecule has 130 valence electrons. The van der Waals surface area contributed by atoms with Gasteiger partial charge in [0.05, 0.1) is 18.1 Å². The van der Waals surface area contributed by atoms with Crippen LogP contribution >= 0.6 is 0 Å². The normalized spacial score (nSPS) is 19.5. The average Bonchev–Trinajstić information content (AvgIpc) is 3.15. The van der Waals surface area contributed by atoms with Gasteiger partial charge in [0.1, 0.15) is 11.0 Å². The van der Waals surface area contributed by atoms with E-state index in [1.165, 1.54) is 4.90 Å². The molecule has 1 fully saturated rings. The number of sulfone groups is 1. The smallest absolute Gasteiger partial charge is 0.318 e. The van der Waals surface area contributed by atoms with Gasteiger partial charge in [-0.15, -0.1) is 0 Å². The molecule has 0 bridgehead atoms. The quantitative estimate of drug-likeness (QED) is 0.769. The van der Waals surface area contributed by atoms with E-state index in [4.69, 9.17) is 5.11 Å². The molecule has 0 saturated carbocycles. The third kappa shape index (κ3) is 3.65. The molecule has 1 aromatic heterocycles. The van der Waals surface area contributed by atoms with Crippen molar-refractivity contribution in [2.75, 3.05) is 24.7 Å². The van der Waals surface area contributed by atoms with Gasteiger partial charge in [0.25, 0.3) is 0 Å². The molecular formula is C14H18N4O5S. The first-order valence-electron chi connectivity index (χ1n) is 7.55. The molecule has 2 N–H and O–H groups in total. The molecule has 0 spiro atoms. The number of amides is 2. The van der Waals surface area contributed by atoms with Gasteiger partial charge in [0, 0.05) is 19.1 Å². The summed E-state index contributed by atoms with van der Waals surface area (Å²) >= 11 is 0. The van der Waals surface area contributed by atoms with Gasteiger partial charge in [-0.2, -0.15) is 0 Å². The number of carbonyl (C=O) groups is 1. The van der Waals surface area contributed by atoms with E-state index in [2.05, 4.69) is 20.3 Å². The van der Waals surface area contributed by atoms with E-state index in [0.29, 0.717) is 17.5 Å². The Balaban J connectivity index is 1.64. The topological polar surface area (TPSA) is 126 Å². The molecule has 10 heteroatoms. The Kier molecular flexibility index (Phi) is 4.67. The number of benzene rings is 1. The Labute approximate surface area is 138 Å². The number of urea groups is 1. The molecule has 9 nitrogen and oxygen atoms in total. The van der Waals surface area contributed by atoms with Gasteiger partial charge in [-0.25, -0.2) is 17.8 Å². The van der Waals surface area contributed by atoms with Crippen molar-refractivity contribution in [1.82, 2.24) is 20.5 Å². The van der Waals surface area contributed by atoms with Gasteiger partial charge in [-0.3, -0.25) is 0 Å². The van der Waals surface area contributed by atoms with E-state index < -0.39 is 21.9 Å². The molecule has 2 amide bonds. The number of fused-ring (bicyclic) bond motifs is 1. The van der Waals surface area contributed by atoms with Gasteiger partial charge in [-0.05, 0) is 34.4 Å². The second-order valence-corrected chi connectivity index (χ2v) is 7.95. The van der Waals surface area contributed by atoms with Crippen molar-refractivity contribution in [3.63, 3.8) is 0 Å². The maximum absolute atomic E-state index is 12.4. The van der Waals surface area contributed by atoms with Gasteiger partial charge in [-0.1, -0.05) is 6.07 Å². The minimum absolute atomic E-state index is 0.0585. The fraction of sp³-hybridized carbons (Fsp3) is 0.500. The molecule has 1 saturated heterocycles. The first kappa shape index (κ1) is 16.7. The summed E-state index contributed by atoms with van der Waals surface area (Å²) in [7, 11) is -3.11. The second-order valence-electron chi connectivity index (χ2n) is 5.72. The summed E-state index contributed by atoms with van der Waals surface area (Å²) in [4.78, 5) is 13.8. The van der Waals surface area contributed by atoms with Crippen LogP contribution in [0.25, 0.3) is 11.0 Å². The van der Waals surface area contributed by atoms with Crippen LogP contribution in [0.15, 0.2) is 22.8 Å². The Morgan fingerprint density at radius 1 is 1.38 bits per heavy atom. The Hall–Kier alpha value is -2.20. The van der Waals surface area contributed by atoms with E-state index in [9.17, 15) is 13.2 Å². The first-order valence-corrected chi connectivity index (χ1v) is 9.37. The summed E-state index contributed by atoms with van der Waals surface area (Å²) in [6.07, 6.45) is 0.395. The summed E-state index contributed by atoms with van der Waals surface area (Å²) in [5.41, 5.74) is 2.04. The zero-order valence-electron chi connectivity index (χ0n) is 12.9. The van der Waals surface area contributed by atoms with Crippen molar-refractivity contribution >= 4 is 26.9 Å². The van der Waals surface area contributed by atoms with Crippen molar-refractivity contribution in [1.29, 1.82) is 0 Å². The van der Waals surface area contributed by atoms with Gasteiger partial charge in [0.2, 0.25) is 0 Å². The summed E-state index contributed by atoms with van der Waals surface area (Å²) in [6.45, 7) is 0.127. The predicted molar refractivity (Wildman–Crippen MR) is 84.9 cm³/mol. The number of hydrogen-bond donors (Lipinski definition) is 2. The van der Waals surface area contributed by atoms with E-state index in [0.717, 1.165) is 5.56 Å². The lowest BCUT2D eigenvalue weighted by atomic mass is 10.2. The van der Waals surface area contributed by atoms with Crippen molar-refractivity contribution in [2.24, 2.45) is 0 Å². The number of nitrogens with one attached hydrogen (secondary N) is 1. The minimum atomic E-state index is -3.11. The van der Waals surface area contributed by atoms with E-state index in [-0.39, 0.29) is 31.2 Å². The molecule has 1 atom stereocenters. The fourth-order valence-corrected chi connectivity index (χ4v) is 4.53. The largest absolute Gasteiger partial charge is 0.395 e. The van der Waals surface area contributed by atoms with Crippen LogP contribution in [-0.2, 0) is 16.4 Å². The average molecular weight is 354 g/mol. The lowest BCUT2D eigenvalue weighted by molar-refractivity contribution is 0.157. The molecule has 24 heavy (non-hydrogen) atoms. The van der Waals surface area contributed by atoms with E-state index in [1.807, 2.05) is 0 Å². The Bertz CT molecular complexity index is 835. The summed E-state index contributed by atoms with van der Waals surface area (Å²) in [5.74, 6) is 0.0136. The van der Waals surface area contributed by atoms with Crippen LogP contribution < -0.4 is 5.32 Å². The number of carbonyl (C=O) groups excluding carboxylic acids is 1. The minimum Gasteiger partial charge on any atom is -0.395 e. The van der Waals surface area contributed by atoms with Crippen LogP contribution in [0.5, 0.6) is 0 Å². The molecule has 0 aliphatic carbocycles. The Morgan fingerprint density at radius 2 is 2.17 bits per heavy atom. The molecule has 1 aliphatic rings. The molecule has 2 heterocycles. The summed E-state index contributed by atoms with van der Waals surface area (Å²) < 4.78 is 27.8. The highest BCUT2D eigenvalue weighted by Crippen LogP contribution is 2.18. The SMILES string of the molecule is O=C(NCc1ccc2nonc2c1)N(CCO)C1CCS(=O)(=O)C1. The summed E-state index contributed by atoms with van der Waals surface area (Å²) in [6, 6.07) is 4.49. The highest BCUT2D eigenvalue weighted by Gasteiger charge is 2.34. The number of aliphatic hydroxyl groups excluding tert-OH is 1. The van der Waals surface area contributed by atoms with E-state index in [1.54, 1.807) is 18.2 Å². The van der Waals surface area contributed by atoms with Crippen LogP contribution in [0.2, 0.25) is 0 Å². The maximum atomic E-state index is 12.4. The highest BCUT2D eigenvalue weighted by atomic mass is 32.2. The first-order chi connectivity index (χ1) is 11.5. The van der Waals surface area contributed by atoms with Gasteiger partial charge < -0.3 is 15.3 Å². The second kappa shape index (κ2) is 6.73. The predicted octanol–water partition coefficient (Wildman–Crippen LogP) is -0.0862. The van der Waals surface area contributed by atoms with Crippen molar-refractivity contribution in [3.05, 3.63) is 23.8 Å². The van der Waals surface area contributed by atoms with Crippen LogP contribution in [0.4, 0.5) is 4.79 Å². The lowest BCUT2D eigenvalue weighted by Crippen LogP contribution is -2.47. The van der Waals surface area contributed by atoms with Gasteiger partial charge in [0.15, 0.2) is 9.84 Å². The number of aliphatic hydroxyl groups is 1. The molecule has 1 aliphatic heterocycles. The zero-order valence-corrected chi connectivity index (χ0v) is 13.7. The summed E-state index contributed by atoms with van der Waals surface area (Å²) in [5, 5.41) is 19.4. The molecule has 1 unspecified atom stereocenters. The standard InChI is InChI=1S/C14H18N4O5S/c19-5-4-18(11-3-6-24(21,22)9-11)14(20)15-8-10-1-2-12-13(7-10)17-23-16-12/h1-2,7,11,19H,3-6,8-9H2,(H,15,20). The molecule has 3 rings (SSSR count). The monoisotopic (exact) mass is 354 g/mol. The van der Waals surface area contributed by atoms with Crippen LogP contribution in [0.1, 0.15) is 12.0 Å². The van der Waals surface area contributed by atoms with Crippen molar-refractivity contribution in [2.45, 2.75) is 19.0 Å². The zero-order chi connectivity index (χ0) is 17.2.